The van der Waals surface area contributed by atoms with Crippen molar-refractivity contribution in [2.75, 3.05) is 13.1 Å². The van der Waals surface area contributed by atoms with E-state index in [4.69, 9.17) is 16.7 Å². The van der Waals surface area contributed by atoms with Crippen molar-refractivity contribution in [2.24, 2.45) is 13.0 Å². The van der Waals surface area contributed by atoms with Crippen LogP contribution in [0.25, 0.3) is 11.3 Å². The Bertz CT molecular complexity index is 818. The van der Waals surface area contributed by atoms with E-state index < -0.39 is 5.97 Å². The molecule has 0 bridgehead atoms. The molecular weight excluding hydrogens is 354 g/mol. The minimum atomic E-state index is -0.790. The van der Waals surface area contributed by atoms with E-state index in [-0.39, 0.29) is 18.2 Å². The van der Waals surface area contributed by atoms with Crippen molar-refractivity contribution in [3.05, 3.63) is 41.0 Å². The zero-order valence-corrected chi connectivity index (χ0v) is 15.4. The number of benzene rings is 1. The van der Waals surface area contributed by atoms with Gasteiger partial charge in [0.1, 0.15) is 5.69 Å². The molecule has 1 aromatic heterocycles. The maximum atomic E-state index is 13.1. The molecule has 1 saturated heterocycles. The molecule has 7 heteroatoms. The van der Waals surface area contributed by atoms with Crippen molar-refractivity contribution >= 4 is 23.5 Å². The summed E-state index contributed by atoms with van der Waals surface area (Å²) >= 11 is 6.29. The minimum Gasteiger partial charge on any atom is -0.481 e. The first-order valence-electron chi connectivity index (χ1n) is 8.75. The second-order valence-electron chi connectivity index (χ2n) is 6.74. The molecule has 3 rings (SSSR count). The number of hydrogen-bond donors (Lipinski definition) is 1. The minimum absolute atomic E-state index is 0.0759. The van der Waals surface area contributed by atoms with Crippen LogP contribution >= 0.6 is 11.6 Å². The van der Waals surface area contributed by atoms with Crippen LogP contribution in [0, 0.1) is 5.92 Å². The van der Waals surface area contributed by atoms with Crippen LogP contribution in [-0.4, -0.2) is 44.8 Å². The number of amides is 1. The quantitative estimate of drug-likeness (QED) is 0.868. The van der Waals surface area contributed by atoms with E-state index in [1.54, 1.807) is 24.0 Å². The first kappa shape index (κ1) is 18.5. The fourth-order valence-corrected chi connectivity index (χ4v) is 3.71. The lowest BCUT2D eigenvalue weighted by atomic mass is 9.93. The van der Waals surface area contributed by atoms with Gasteiger partial charge in [0.25, 0.3) is 5.91 Å². The molecule has 2 aromatic rings. The first-order chi connectivity index (χ1) is 12.5. The normalized spacial score (nSPS) is 17.3. The van der Waals surface area contributed by atoms with Gasteiger partial charge in [-0.15, -0.1) is 0 Å². The molecule has 1 aliphatic rings. The Morgan fingerprint density at radius 1 is 1.35 bits per heavy atom. The summed E-state index contributed by atoms with van der Waals surface area (Å²) in [6.45, 7) is 1.27. The molecule has 138 valence electrons. The lowest BCUT2D eigenvalue weighted by Crippen LogP contribution is -2.40. The summed E-state index contributed by atoms with van der Waals surface area (Å²) in [5, 5.41) is 13.9. The van der Waals surface area contributed by atoms with Gasteiger partial charge in [-0.1, -0.05) is 29.8 Å². The number of carbonyl (C=O) groups excluding carboxylic acids is 1. The van der Waals surface area contributed by atoms with Crippen molar-refractivity contribution in [1.29, 1.82) is 0 Å². The maximum Gasteiger partial charge on any atom is 0.303 e. The van der Waals surface area contributed by atoms with Crippen LogP contribution in [0.15, 0.2) is 30.5 Å². The third-order valence-electron chi connectivity index (χ3n) is 4.76. The van der Waals surface area contributed by atoms with Crippen LogP contribution in [0.3, 0.4) is 0 Å². The van der Waals surface area contributed by atoms with Gasteiger partial charge in [-0.3, -0.25) is 14.3 Å². The predicted octanol–water partition coefficient (Wildman–Crippen LogP) is 3.46. The topological polar surface area (TPSA) is 75.4 Å². The lowest BCUT2D eigenvalue weighted by molar-refractivity contribution is -0.137. The van der Waals surface area contributed by atoms with E-state index >= 15 is 0 Å². The van der Waals surface area contributed by atoms with Crippen molar-refractivity contribution < 1.29 is 14.7 Å². The van der Waals surface area contributed by atoms with Crippen molar-refractivity contribution in [1.82, 2.24) is 14.7 Å². The van der Waals surface area contributed by atoms with Gasteiger partial charge in [-0.2, -0.15) is 5.10 Å². The number of likely N-dealkylation sites (tertiary alicyclic amines) is 1. The highest BCUT2D eigenvalue weighted by molar-refractivity contribution is 6.33. The number of piperidine rings is 1. The summed E-state index contributed by atoms with van der Waals surface area (Å²) in [4.78, 5) is 25.7. The highest BCUT2D eigenvalue weighted by Crippen LogP contribution is 2.31. The molecular formula is C19H22ClN3O3. The zero-order chi connectivity index (χ0) is 18.7. The van der Waals surface area contributed by atoms with Gasteiger partial charge in [0.2, 0.25) is 0 Å². The Morgan fingerprint density at radius 3 is 2.85 bits per heavy atom. The molecule has 0 aliphatic carbocycles. The van der Waals surface area contributed by atoms with Gasteiger partial charge in [-0.25, -0.2) is 0 Å². The van der Waals surface area contributed by atoms with Gasteiger partial charge in [0, 0.05) is 38.3 Å². The standard InChI is InChI=1S/C19H22ClN3O3/c1-22-12-15(18(21-22)14-6-2-3-7-16(14)20)19(26)23-10-4-5-13(11-23)8-9-17(24)25/h2-3,6-7,12-13H,4-5,8-11H2,1H3,(H,24,25)/t13-/m0/s1. The summed E-state index contributed by atoms with van der Waals surface area (Å²) in [7, 11) is 1.78. The van der Waals surface area contributed by atoms with Gasteiger partial charge in [0.05, 0.1) is 10.6 Å². The van der Waals surface area contributed by atoms with Crippen molar-refractivity contribution in [3.63, 3.8) is 0 Å². The van der Waals surface area contributed by atoms with E-state index in [1.807, 2.05) is 23.1 Å². The van der Waals surface area contributed by atoms with Crippen LogP contribution in [0.4, 0.5) is 0 Å². The molecule has 0 radical (unpaired) electrons. The van der Waals surface area contributed by atoms with E-state index in [0.29, 0.717) is 35.8 Å². The van der Waals surface area contributed by atoms with Crippen LogP contribution in [0.5, 0.6) is 0 Å². The number of aromatic nitrogens is 2. The summed E-state index contributed by atoms with van der Waals surface area (Å²) < 4.78 is 1.62. The molecule has 6 nitrogen and oxygen atoms in total. The number of nitrogens with zero attached hydrogens (tertiary/aromatic N) is 3. The second kappa shape index (κ2) is 7.91. The van der Waals surface area contributed by atoms with E-state index in [0.717, 1.165) is 18.4 Å². The van der Waals surface area contributed by atoms with Gasteiger partial charge in [-0.05, 0) is 31.2 Å². The number of carbonyl (C=O) groups is 2. The number of carboxylic acid groups (broad SMARTS) is 1. The third-order valence-corrected chi connectivity index (χ3v) is 5.09. The van der Waals surface area contributed by atoms with Crippen molar-refractivity contribution in [2.45, 2.75) is 25.7 Å². The van der Waals surface area contributed by atoms with Crippen LogP contribution in [0.1, 0.15) is 36.0 Å². The fraction of sp³-hybridized carbons (Fsp3) is 0.421. The lowest BCUT2D eigenvalue weighted by Gasteiger charge is -2.32. The number of aliphatic carboxylic acids is 1. The van der Waals surface area contributed by atoms with Crippen LogP contribution in [0.2, 0.25) is 5.02 Å². The average Bonchev–Trinajstić information content (AvgIpc) is 3.01. The number of hydrogen-bond acceptors (Lipinski definition) is 3. The number of carboxylic acids is 1. The molecule has 1 aromatic carbocycles. The molecule has 1 fully saturated rings. The van der Waals surface area contributed by atoms with Gasteiger partial charge < -0.3 is 10.0 Å². The van der Waals surface area contributed by atoms with Gasteiger partial charge >= 0.3 is 5.97 Å². The number of rotatable bonds is 5. The zero-order valence-electron chi connectivity index (χ0n) is 14.7. The Morgan fingerprint density at radius 2 is 2.12 bits per heavy atom. The Kier molecular flexibility index (Phi) is 5.61. The smallest absolute Gasteiger partial charge is 0.303 e. The second-order valence-corrected chi connectivity index (χ2v) is 7.14. The van der Waals surface area contributed by atoms with Crippen LogP contribution in [-0.2, 0) is 11.8 Å². The molecule has 0 spiro atoms. The molecule has 0 unspecified atom stereocenters. The van der Waals surface area contributed by atoms with E-state index in [9.17, 15) is 9.59 Å². The Balaban J connectivity index is 1.82. The van der Waals surface area contributed by atoms with E-state index in [2.05, 4.69) is 5.10 Å². The molecule has 1 atom stereocenters. The largest absolute Gasteiger partial charge is 0.481 e. The Labute approximate surface area is 157 Å². The molecule has 0 saturated carbocycles. The molecule has 1 aliphatic heterocycles. The third kappa shape index (κ3) is 4.07. The summed E-state index contributed by atoms with van der Waals surface area (Å²) in [5.41, 5.74) is 1.84. The SMILES string of the molecule is Cn1cc(C(=O)N2CCC[C@@H](CCC(=O)O)C2)c(-c2ccccc2Cl)n1. The monoisotopic (exact) mass is 375 g/mol. The molecule has 1 N–H and O–H groups in total. The van der Waals surface area contributed by atoms with Crippen molar-refractivity contribution in [3.8, 4) is 11.3 Å². The summed E-state index contributed by atoms with van der Waals surface area (Å²) in [5.74, 6) is -0.640. The fourth-order valence-electron chi connectivity index (χ4n) is 3.48. The number of halogens is 1. The maximum absolute atomic E-state index is 13.1. The predicted molar refractivity (Wildman–Crippen MR) is 99.2 cm³/mol. The molecule has 1 amide bonds. The number of aryl methyl sites for hydroxylation is 1. The summed E-state index contributed by atoms with van der Waals surface area (Å²) in [6.07, 6.45) is 4.31. The summed E-state index contributed by atoms with van der Waals surface area (Å²) in [6, 6.07) is 7.34. The molecule has 26 heavy (non-hydrogen) atoms. The average molecular weight is 376 g/mol. The first-order valence-corrected chi connectivity index (χ1v) is 9.13. The highest BCUT2D eigenvalue weighted by Gasteiger charge is 2.28. The van der Waals surface area contributed by atoms with Crippen LogP contribution < -0.4 is 0 Å². The van der Waals surface area contributed by atoms with E-state index in [1.165, 1.54) is 0 Å². The Hall–Kier alpha value is -2.34. The molecule has 2 heterocycles. The van der Waals surface area contributed by atoms with Gasteiger partial charge in [0.15, 0.2) is 0 Å². The highest BCUT2D eigenvalue weighted by atomic mass is 35.5.